The normalized spacial score (nSPS) is 10.6. The summed E-state index contributed by atoms with van der Waals surface area (Å²) in [5.41, 5.74) is 4.11. The molecule has 2 nitrogen and oxygen atoms in total. The second-order valence-electron chi connectivity index (χ2n) is 4.69. The van der Waals surface area contributed by atoms with Crippen LogP contribution in [0.5, 0.6) is 0 Å². The molecule has 0 aliphatic rings. The quantitative estimate of drug-likeness (QED) is 0.778. The summed E-state index contributed by atoms with van der Waals surface area (Å²) in [6.45, 7) is 9.67. The number of rotatable bonds is 7. The van der Waals surface area contributed by atoms with E-state index < -0.39 is 0 Å². The zero-order valence-corrected chi connectivity index (χ0v) is 11.7. The highest BCUT2D eigenvalue weighted by Gasteiger charge is 2.06. The van der Waals surface area contributed by atoms with Gasteiger partial charge in [-0.2, -0.15) is 0 Å². The molecule has 0 atom stereocenters. The first-order valence-electron chi connectivity index (χ1n) is 6.70. The number of hydrogen-bond acceptors (Lipinski definition) is 2. The summed E-state index contributed by atoms with van der Waals surface area (Å²) >= 11 is 0. The van der Waals surface area contributed by atoms with Gasteiger partial charge in [-0.05, 0) is 31.5 Å². The summed E-state index contributed by atoms with van der Waals surface area (Å²) in [4.78, 5) is 2.37. The SMILES string of the molecule is CCCCN(C)c1ccc(C)cc1CNCC. The highest BCUT2D eigenvalue weighted by Crippen LogP contribution is 2.21. The van der Waals surface area contributed by atoms with Crippen LogP contribution >= 0.6 is 0 Å². The molecule has 1 rings (SSSR count). The largest absolute Gasteiger partial charge is 0.374 e. The Kier molecular flexibility index (Phi) is 6.06. The molecule has 0 amide bonds. The van der Waals surface area contributed by atoms with Crippen LogP contribution in [0.2, 0.25) is 0 Å². The smallest absolute Gasteiger partial charge is 0.0409 e. The molecule has 0 aliphatic heterocycles. The summed E-state index contributed by atoms with van der Waals surface area (Å²) < 4.78 is 0. The molecule has 0 fully saturated rings. The topological polar surface area (TPSA) is 15.3 Å². The van der Waals surface area contributed by atoms with E-state index in [4.69, 9.17) is 0 Å². The lowest BCUT2D eigenvalue weighted by Gasteiger charge is -2.23. The standard InChI is InChI=1S/C15H26N2/c1-5-7-10-17(4)15-9-8-13(3)11-14(15)12-16-6-2/h8-9,11,16H,5-7,10,12H2,1-4H3. The van der Waals surface area contributed by atoms with E-state index in [1.807, 2.05) is 0 Å². The molecular weight excluding hydrogens is 208 g/mol. The average molecular weight is 234 g/mol. The first-order valence-corrected chi connectivity index (χ1v) is 6.70. The minimum atomic E-state index is 0.962. The summed E-state index contributed by atoms with van der Waals surface area (Å²) in [6, 6.07) is 6.74. The zero-order valence-electron chi connectivity index (χ0n) is 11.7. The Labute approximate surface area is 106 Å². The first kappa shape index (κ1) is 14.0. The fraction of sp³-hybridized carbons (Fsp3) is 0.600. The van der Waals surface area contributed by atoms with Gasteiger partial charge in [0.2, 0.25) is 0 Å². The highest BCUT2D eigenvalue weighted by molar-refractivity contribution is 5.54. The van der Waals surface area contributed by atoms with E-state index in [1.54, 1.807) is 0 Å². The third-order valence-electron chi connectivity index (χ3n) is 3.06. The van der Waals surface area contributed by atoms with Crippen molar-refractivity contribution >= 4 is 5.69 Å². The van der Waals surface area contributed by atoms with Crippen LogP contribution in [-0.2, 0) is 6.54 Å². The molecule has 1 N–H and O–H groups in total. The predicted molar refractivity (Wildman–Crippen MR) is 76.7 cm³/mol. The van der Waals surface area contributed by atoms with E-state index in [2.05, 4.69) is 56.2 Å². The minimum Gasteiger partial charge on any atom is -0.374 e. The van der Waals surface area contributed by atoms with Crippen LogP contribution in [-0.4, -0.2) is 20.1 Å². The Morgan fingerprint density at radius 1 is 1.24 bits per heavy atom. The van der Waals surface area contributed by atoms with E-state index in [1.165, 1.54) is 29.7 Å². The minimum absolute atomic E-state index is 0.962. The van der Waals surface area contributed by atoms with Gasteiger partial charge >= 0.3 is 0 Å². The van der Waals surface area contributed by atoms with E-state index in [0.717, 1.165) is 19.6 Å². The van der Waals surface area contributed by atoms with Crippen molar-refractivity contribution in [3.05, 3.63) is 29.3 Å². The van der Waals surface area contributed by atoms with Crippen molar-refractivity contribution in [3.8, 4) is 0 Å². The molecule has 1 aromatic rings. The lowest BCUT2D eigenvalue weighted by Crippen LogP contribution is -2.22. The fourth-order valence-corrected chi connectivity index (χ4v) is 2.00. The van der Waals surface area contributed by atoms with Gasteiger partial charge in [0.1, 0.15) is 0 Å². The molecule has 0 unspecified atom stereocenters. The van der Waals surface area contributed by atoms with Gasteiger partial charge in [-0.15, -0.1) is 0 Å². The van der Waals surface area contributed by atoms with Crippen LogP contribution < -0.4 is 10.2 Å². The van der Waals surface area contributed by atoms with Gasteiger partial charge in [-0.1, -0.05) is 38.0 Å². The third kappa shape index (κ3) is 4.39. The van der Waals surface area contributed by atoms with Gasteiger partial charge < -0.3 is 10.2 Å². The van der Waals surface area contributed by atoms with E-state index in [0.29, 0.717) is 0 Å². The highest BCUT2D eigenvalue weighted by atomic mass is 15.1. The number of anilines is 1. The van der Waals surface area contributed by atoms with Gasteiger partial charge in [0.25, 0.3) is 0 Å². The van der Waals surface area contributed by atoms with Crippen LogP contribution in [0.4, 0.5) is 5.69 Å². The summed E-state index contributed by atoms with van der Waals surface area (Å²) in [6.07, 6.45) is 2.50. The molecule has 0 aliphatic carbocycles. The van der Waals surface area contributed by atoms with Crippen LogP contribution in [0.15, 0.2) is 18.2 Å². The Bertz CT molecular complexity index is 334. The second kappa shape index (κ2) is 7.33. The molecule has 96 valence electrons. The molecule has 0 saturated heterocycles. The average Bonchev–Trinajstić information content (AvgIpc) is 2.33. The van der Waals surface area contributed by atoms with Gasteiger partial charge in [-0.3, -0.25) is 0 Å². The Morgan fingerprint density at radius 2 is 2.00 bits per heavy atom. The Hall–Kier alpha value is -1.02. The van der Waals surface area contributed by atoms with Crippen LogP contribution in [0.3, 0.4) is 0 Å². The predicted octanol–water partition coefficient (Wildman–Crippen LogP) is 3.34. The van der Waals surface area contributed by atoms with Crippen molar-refractivity contribution in [1.29, 1.82) is 0 Å². The van der Waals surface area contributed by atoms with E-state index in [9.17, 15) is 0 Å². The second-order valence-corrected chi connectivity index (χ2v) is 4.69. The number of benzene rings is 1. The third-order valence-corrected chi connectivity index (χ3v) is 3.06. The molecule has 0 aromatic heterocycles. The van der Waals surface area contributed by atoms with Gasteiger partial charge in [0.05, 0.1) is 0 Å². The summed E-state index contributed by atoms with van der Waals surface area (Å²) in [5, 5.41) is 3.42. The van der Waals surface area contributed by atoms with Crippen molar-refractivity contribution < 1.29 is 0 Å². The van der Waals surface area contributed by atoms with Crippen molar-refractivity contribution in [3.63, 3.8) is 0 Å². The monoisotopic (exact) mass is 234 g/mol. The molecule has 17 heavy (non-hydrogen) atoms. The molecule has 0 saturated carbocycles. The van der Waals surface area contributed by atoms with Crippen LogP contribution in [0, 0.1) is 6.92 Å². The van der Waals surface area contributed by atoms with Crippen LogP contribution in [0.1, 0.15) is 37.8 Å². The zero-order chi connectivity index (χ0) is 12.7. The van der Waals surface area contributed by atoms with Crippen molar-refractivity contribution in [2.45, 2.75) is 40.2 Å². The van der Waals surface area contributed by atoms with Gasteiger partial charge in [0, 0.05) is 25.8 Å². The van der Waals surface area contributed by atoms with Crippen molar-refractivity contribution in [1.82, 2.24) is 5.32 Å². The maximum atomic E-state index is 3.42. The summed E-state index contributed by atoms with van der Waals surface area (Å²) in [5.74, 6) is 0. The molecule has 0 bridgehead atoms. The van der Waals surface area contributed by atoms with Crippen molar-refractivity contribution in [2.75, 3.05) is 25.0 Å². The number of aryl methyl sites for hydroxylation is 1. The first-order chi connectivity index (χ1) is 8.19. The number of hydrogen-bond donors (Lipinski definition) is 1. The lowest BCUT2D eigenvalue weighted by atomic mass is 10.1. The number of unbranched alkanes of at least 4 members (excludes halogenated alkanes) is 1. The Balaban J connectivity index is 2.80. The molecule has 0 heterocycles. The van der Waals surface area contributed by atoms with Gasteiger partial charge in [-0.25, -0.2) is 0 Å². The molecule has 1 aromatic carbocycles. The maximum absolute atomic E-state index is 3.42. The molecule has 0 radical (unpaired) electrons. The fourth-order valence-electron chi connectivity index (χ4n) is 2.00. The molecule has 0 spiro atoms. The molecular formula is C15H26N2. The maximum Gasteiger partial charge on any atom is 0.0409 e. The number of nitrogens with one attached hydrogen (secondary N) is 1. The van der Waals surface area contributed by atoms with Crippen LogP contribution in [0.25, 0.3) is 0 Å². The van der Waals surface area contributed by atoms with E-state index in [-0.39, 0.29) is 0 Å². The van der Waals surface area contributed by atoms with E-state index >= 15 is 0 Å². The molecule has 2 heteroatoms. The van der Waals surface area contributed by atoms with Crippen molar-refractivity contribution in [2.24, 2.45) is 0 Å². The number of nitrogens with zero attached hydrogens (tertiary/aromatic N) is 1. The van der Waals surface area contributed by atoms with Gasteiger partial charge in [0.15, 0.2) is 0 Å². The lowest BCUT2D eigenvalue weighted by molar-refractivity contribution is 0.716. The summed E-state index contributed by atoms with van der Waals surface area (Å²) in [7, 11) is 2.19. The Morgan fingerprint density at radius 3 is 2.65 bits per heavy atom.